The van der Waals surface area contributed by atoms with E-state index < -0.39 is 0 Å². The lowest BCUT2D eigenvalue weighted by Gasteiger charge is -1.97. The molecule has 4 heteroatoms. The number of nitrogens with two attached hydrogens (primary N) is 1. The Balaban J connectivity index is 4.68. The highest BCUT2D eigenvalue weighted by Gasteiger charge is 2.02. The minimum atomic E-state index is 0.189. The summed E-state index contributed by atoms with van der Waals surface area (Å²) >= 11 is 6.72. The number of nitriles is 1. The first-order valence-corrected chi connectivity index (χ1v) is 4.02. The van der Waals surface area contributed by atoms with Gasteiger partial charge in [-0.1, -0.05) is 18.2 Å². The van der Waals surface area contributed by atoms with Crippen LogP contribution < -0.4 is 5.73 Å². The van der Waals surface area contributed by atoms with E-state index in [4.69, 9.17) is 22.6 Å². The van der Waals surface area contributed by atoms with E-state index in [1.807, 2.05) is 6.07 Å². The summed E-state index contributed by atoms with van der Waals surface area (Å²) in [5.41, 5.74) is 5.66. The molecule has 2 nitrogen and oxygen atoms in total. The Bertz CT molecular complexity index is 214. The Hall–Kier alpha value is -0.590. The molecular weight excluding hydrogens is 168 g/mol. The Labute approximate surface area is 69.3 Å². The number of allylic oxidation sites excluding steroid dienone is 2. The van der Waals surface area contributed by atoms with Crippen LogP contribution in [-0.2, 0) is 0 Å². The maximum atomic E-state index is 8.45. The van der Waals surface area contributed by atoms with Crippen molar-refractivity contribution < 1.29 is 0 Å². The zero-order valence-corrected chi connectivity index (χ0v) is 7.09. The van der Waals surface area contributed by atoms with Gasteiger partial charge in [-0.25, -0.2) is 0 Å². The predicted octanol–water partition coefficient (Wildman–Crippen LogP) is 1.80. The second kappa shape index (κ2) is 4.26. The van der Waals surface area contributed by atoms with Gasteiger partial charge in [-0.05, 0) is 6.26 Å². The molecule has 0 atom stereocenters. The molecule has 0 saturated heterocycles. The van der Waals surface area contributed by atoms with E-state index in [0.717, 1.165) is 0 Å². The second-order valence-corrected chi connectivity index (χ2v) is 2.76. The maximum absolute atomic E-state index is 8.45. The molecule has 0 aromatic rings. The van der Waals surface area contributed by atoms with Gasteiger partial charge < -0.3 is 5.73 Å². The Morgan fingerprint density at radius 2 is 2.30 bits per heavy atom. The Morgan fingerprint density at radius 3 is 2.40 bits per heavy atom. The minimum Gasteiger partial charge on any atom is -0.392 e. The van der Waals surface area contributed by atoms with E-state index in [1.54, 1.807) is 6.26 Å². The summed E-state index contributed by atoms with van der Waals surface area (Å²) in [5.74, 6) is 0. The fourth-order valence-electron chi connectivity index (χ4n) is 0.351. The standard InChI is InChI=1S/C6H7ClN2S/c1-4(7)5(3-8)6(9)10-2/h1,9H2,2H3/b6-5+. The third-order valence-electron chi connectivity index (χ3n) is 0.849. The van der Waals surface area contributed by atoms with Crippen LogP contribution in [0.1, 0.15) is 0 Å². The molecule has 0 heterocycles. The third-order valence-corrected chi connectivity index (χ3v) is 1.68. The summed E-state index contributed by atoms with van der Waals surface area (Å²) in [6.45, 7) is 3.39. The van der Waals surface area contributed by atoms with Gasteiger partial charge in [0.05, 0.1) is 15.6 Å². The number of hydrogen-bond donors (Lipinski definition) is 1. The molecule has 0 aromatic heterocycles. The molecule has 0 aliphatic heterocycles. The van der Waals surface area contributed by atoms with Crippen LogP contribution in [0.5, 0.6) is 0 Å². The van der Waals surface area contributed by atoms with Crippen molar-refractivity contribution in [1.82, 2.24) is 0 Å². The van der Waals surface area contributed by atoms with E-state index in [9.17, 15) is 0 Å². The molecule has 0 aliphatic rings. The topological polar surface area (TPSA) is 49.8 Å². The summed E-state index contributed by atoms with van der Waals surface area (Å²) in [6.07, 6.45) is 1.77. The van der Waals surface area contributed by atoms with Crippen molar-refractivity contribution in [3.63, 3.8) is 0 Å². The molecule has 2 N–H and O–H groups in total. The molecule has 0 spiro atoms. The predicted molar refractivity (Wildman–Crippen MR) is 45.3 cm³/mol. The lowest BCUT2D eigenvalue weighted by Crippen LogP contribution is -1.96. The van der Waals surface area contributed by atoms with E-state index >= 15 is 0 Å². The first-order chi connectivity index (χ1) is 4.63. The fraction of sp³-hybridized carbons (Fsp3) is 0.167. The van der Waals surface area contributed by atoms with Gasteiger partial charge in [0.15, 0.2) is 0 Å². The fourth-order valence-corrected chi connectivity index (χ4v) is 0.925. The molecule has 0 amide bonds. The molecule has 10 heavy (non-hydrogen) atoms. The zero-order valence-electron chi connectivity index (χ0n) is 5.52. The average Bonchev–Trinajstić information content (AvgIpc) is 1.88. The molecule has 0 saturated carbocycles. The average molecular weight is 175 g/mol. The Morgan fingerprint density at radius 1 is 1.80 bits per heavy atom. The van der Waals surface area contributed by atoms with Crippen LogP contribution in [0.25, 0.3) is 0 Å². The summed E-state index contributed by atoms with van der Waals surface area (Å²) in [6, 6.07) is 1.85. The summed E-state index contributed by atoms with van der Waals surface area (Å²) < 4.78 is 0. The highest BCUT2D eigenvalue weighted by atomic mass is 35.5. The van der Waals surface area contributed by atoms with Gasteiger partial charge in [0.25, 0.3) is 0 Å². The molecule has 0 aromatic carbocycles. The molecule has 0 unspecified atom stereocenters. The Kier molecular flexibility index (Phi) is 4.01. The van der Waals surface area contributed by atoms with E-state index in [1.165, 1.54) is 11.8 Å². The second-order valence-electron chi connectivity index (χ2n) is 1.46. The van der Waals surface area contributed by atoms with E-state index in [0.29, 0.717) is 5.03 Å². The van der Waals surface area contributed by atoms with E-state index in [2.05, 4.69) is 6.58 Å². The number of rotatable bonds is 2. The highest BCUT2D eigenvalue weighted by Crippen LogP contribution is 2.18. The summed E-state index contributed by atoms with van der Waals surface area (Å²) in [4.78, 5) is 0. The first-order valence-electron chi connectivity index (χ1n) is 2.42. The maximum Gasteiger partial charge on any atom is 0.103 e. The monoisotopic (exact) mass is 174 g/mol. The number of thioether (sulfide) groups is 1. The highest BCUT2D eigenvalue weighted by molar-refractivity contribution is 8.02. The van der Waals surface area contributed by atoms with Crippen LogP contribution in [0.4, 0.5) is 0 Å². The minimum absolute atomic E-state index is 0.189. The van der Waals surface area contributed by atoms with Crippen molar-refractivity contribution in [2.75, 3.05) is 6.26 Å². The molecule has 54 valence electrons. The van der Waals surface area contributed by atoms with Crippen LogP contribution in [0, 0.1) is 11.3 Å². The number of halogens is 1. The largest absolute Gasteiger partial charge is 0.392 e. The van der Waals surface area contributed by atoms with Crippen molar-refractivity contribution in [3.05, 3.63) is 22.2 Å². The normalized spacial score (nSPS) is 11.7. The van der Waals surface area contributed by atoms with Gasteiger partial charge in [0, 0.05) is 0 Å². The van der Waals surface area contributed by atoms with Gasteiger partial charge in [-0.3, -0.25) is 0 Å². The van der Waals surface area contributed by atoms with Crippen molar-refractivity contribution in [2.45, 2.75) is 0 Å². The third kappa shape index (κ3) is 2.34. The quantitative estimate of drug-likeness (QED) is 0.513. The van der Waals surface area contributed by atoms with Crippen molar-refractivity contribution in [2.24, 2.45) is 5.73 Å². The van der Waals surface area contributed by atoms with Crippen LogP contribution in [0.15, 0.2) is 22.2 Å². The molecular formula is C6H7ClN2S. The summed E-state index contributed by atoms with van der Waals surface area (Å²) in [7, 11) is 0. The van der Waals surface area contributed by atoms with Crippen molar-refractivity contribution in [3.8, 4) is 6.07 Å². The SMILES string of the molecule is C=C(Cl)/C(C#N)=C(\N)SC. The van der Waals surface area contributed by atoms with Crippen LogP contribution >= 0.6 is 23.4 Å². The zero-order chi connectivity index (χ0) is 8.15. The van der Waals surface area contributed by atoms with E-state index in [-0.39, 0.29) is 10.6 Å². The lowest BCUT2D eigenvalue weighted by atomic mass is 10.3. The lowest BCUT2D eigenvalue weighted by molar-refractivity contribution is 1.43. The van der Waals surface area contributed by atoms with Crippen molar-refractivity contribution >= 4 is 23.4 Å². The van der Waals surface area contributed by atoms with Gasteiger partial charge in [-0.2, -0.15) is 5.26 Å². The molecule has 0 fully saturated rings. The van der Waals surface area contributed by atoms with Gasteiger partial charge in [0.2, 0.25) is 0 Å². The first kappa shape index (κ1) is 9.41. The van der Waals surface area contributed by atoms with Crippen LogP contribution in [-0.4, -0.2) is 6.26 Å². The van der Waals surface area contributed by atoms with Crippen LogP contribution in [0.2, 0.25) is 0 Å². The smallest absolute Gasteiger partial charge is 0.103 e. The molecule has 0 radical (unpaired) electrons. The van der Waals surface area contributed by atoms with Gasteiger partial charge in [-0.15, -0.1) is 11.8 Å². The molecule has 0 rings (SSSR count). The van der Waals surface area contributed by atoms with Crippen LogP contribution in [0.3, 0.4) is 0 Å². The van der Waals surface area contributed by atoms with Crippen molar-refractivity contribution in [1.29, 1.82) is 5.26 Å². The number of nitrogens with zero attached hydrogens (tertiary/aromatic N) is 1. The van der Waals surface area contributed by atoms with Gasteiger partial charge in [0.1, 0.15) is 6.07 Å². The number of hydrogen-bond acceptors (Lipinski definition) is 3. The summed E-state index contributed by atoms with van der Waals surface area (Å²) in [5, 5.41) is 9.05. The molecule has 0 aliphatic carbocycles. The van der Waals surface area contributed by atoms with Gasteiger partial charge >= 0.3 is 0 Å². The molecule has 0 bridgehead atoms.